The van der Waals surface area contributed by atoms with Gasteiger partial charge in [0.15, 0.2) is 5.96 Å². The van der Waals surface area contributed by atoms with Gasteiger partial charge in [0, 0.05) is 45.4 Å². The third kappa shape index (κ3) is 7.41. The quantitative estimate of drug-likeness (QED) is 0.214. The fourth-order valence-corrected chi connectivity index (χ4v) is 3.39. The number of ether oxygens (including phenoxy) is 2. The van der Waals surface area contributed by atoms with Crippen molar-refractivity contribution in [1.29, 1.82) is 0 Å². The number of aliphatic hydroxyl groups excluding tert-OH is 1. The van der Waals surface area contributed by atoms with E-state index in [1.807, 2.05) is 0 Å². The predicted molar refractivity (Wildman–Crippen MR) is 107 cm³/mol. The van der Waals surface area contributed by atoms with Crippen molar-refractivity contribution in [3.05, 3.63) is 0 Å². The van der Waals surface area contributed by atoms with E-state index in [2.05, 4.69) is 15.6 Å². The number of aliphatic hydroxyl groups is 1. The van der Waals surface area contributed by atoms with E-state index in [0.717, 1.165) is 51.5 Å². The molecule has 2 fully saturated rings. The summed E-state index contributed by atoms with van der Waals surface area (Å²) in [4.78, 5) is 4.27. The zero-order chi connectivity index (χ0) is 16.4. The van der Waals surface area contributed by atoms with Gasteiger partial charge in [-0.3, -0.25) is 4.99 Å². The van der Waals surface area contributed by atoms with E-state index in [0.29, 0.717) is 12.7 Å². The molecule has 1 unspecified atom stereocenters. The summed E-state index contributed by atoms with van der Waals surface area (Å²) in [6.45, 7) is 4.16. The van der Waals surface area contributed by atoms with Crippen LogP contribution in [0.3, 0.4) is 0 Å². The van der Waals surface area contributed by atoms with Crippen LogP contribution < -0.4 is 10.6 Å². The molecule has 1 saturated heterocycles. The Bertz CT molecular complexity index is 357. The van der Waals surface area contributed by atoms with E-state index >= 15 is 0 Å². The largest absolute Gasteiger partial charge is 0.396 e. The maximum absolute atomic E-state index is 9.26. The van der Waals surface area contributed by atoms with Gasteiger partial charge in [-0.25, -0.2) is 0 Å². The Labute approximate surface area is 163 Å². The summed E-state index contributed by atoms with van der Waals surface area (Å²) >= 11 is 0. The zero-order valence-electron chi connectivity index (χ0n) is 14.9. The first-order chi connectivity index (χ1) is 11.3. The standard InChI is InChI=1S/C17H33N3O3.HI/c1-18-16(19-9-4-11-23-15-5-2-3-6-15)20-13-17(7-10-21)8-12-22-14-17;/h15,21H,2-14H2,1H3,(H2,18,19,20);1H. The van der Waals surface area contributed by atoms with Gasteiger partial charge in [-0.15, -0.1) is 24.0 Å². The minimum Gasteiger partial charge on any atom is -0.396 e. The van der Waals surface area contributed by atoms with E-state index in [4.69, 9.17) is 9.47 Å². The second-order valence-corrected chi connectivity index (χ2v) is 6.76. The molecule has 0 aromatic heterocycles. The van der Waals surface area contributed by atoms with Crippen molar-refractivity contribution < 1.29 is 14.6 Å². The second-order valence-electron chi connectivity index (χ2n) is 6.76. The minimum atomic E-state index is 0. The summed E-state index contributed by atoms with van der Waals surface area (Å²) in [5, 5.41) is 16.0. The van der Waals surface area contributed by atoms with Gasteiger partial charge in [0.05, 0.1) is 12.7 Å². The van der Waals surface area contributed by atoms with Crippen molar-refractivity contribution in [2.75, 3.05) is 46.6 Å². The third-order valence-corrected chi connectivity index (χ3v) is 4.95. The summed E-state index contributed by atoms with van der Waals surface area (Å²) in [6.07, 6.45) is 8.34. The van der Waals surface area contributed by atoms with Gasteiger partial charge in [-0.1, -0.05) is 12.8 Å². The molecule has 7 heteroatoms. The maximum Gasteiger partial charge on any atom is 0.190 e. The average Bonchev–Trinajstić information content (AvgIpc) is 3.23. The Morgan fingerprint density at radius 3 is 2.75 bits per heavy atom. The number of guanidine groups is 1. The van der Waals surface area contributed by atoms with E-state index in [-0.39, 0.29) is 36.0 Å². The summed E-state index contributed by atoms with van der Waals surface area (Å²) in [5.74, 6) is 0.815. The highest BCUT2D eigenvalue weighted by Gasteiger charge is 2.34. The molecule has 0 aromatic rings. The highest BCUT2D eigenvalue weighted by atomic mass is 127. The summed E-state index contributed by atoms with van der Waals surface area (Å²) < 4.78 is 11.4. The summed E-state index contributed by atoms with van der Waals surface area (Å²) in [7, 11) is 1.79. The number of aliphatic imine (C=N–C) groups is 1. The molecule has 1 aliphatic heterocycles. The van der Waals surface area contributed by atoms with E-state index < -0.39 is 0 Å². The van der Waals surface area contributed by atoms with Gasteiger partial charge in [-0.2, -0.15) is 0 Å². The Balaban J connectivity index is 0.00000288. The normalized spacial score (nSPS) is 24.8. The molecule has 1 saturated carbocycles. The van der Waals surface area contributed by atoms with Crippen LogP contribution in [0.4, 0.5) is 0 Å². The van der Waals surface area contributed by atoms with Crippen LogP contribution in [0, 0.1) is 5.41 Å². The SMILES string of the molecule is CN=C(NCCCOC1CCCC1)NCC1(CCO)CCOC1.I. The molecule has 1 aliphatic carbocycles. The molecule has 1 heterocycles. The van der Waals surface area contributed by atoms with Crippen molar-refractivity contribution in [2.45, 2.75) is 51.0 Å². The molecule has 142 valence electrons. The smallest absolute Gasteiger partial charge is 0.190 e. The molecule has 24 heavy (non-hydrogen) atoms. The lowest BCUT2D eigenvalue weighted by Crippen LogP contribution is -2.44. The Kier molecular flexibility index (Phi) is 11.2. The van der Waals surface area contributed by atoms with Crippen LogP contribution in [-0.2, 0) is 9.47 Å². The molecule has 0 amide bonds. The van der Waals surface area contributed by atoms with E-state index in [9.17, 15) is 5.11 Å². The van der Waals surface area contributed by atoms with Crippen LogP contribution in [0.1, 0.15) is 44.9 Å². The van der Waals surface area contributed by atoms with Gasteiger partial charge in [0.1, 0.15) is 0 Å². The van der Waals surface area contributed by atoms with Crippen molar-refractivity contribution in [3.63, 3.8) is 0 Å². The number of hydrogen-bond acceptors (Lipinski definition) is 4. The average molecular weight is 455 g/mol. The Morgan fingerprint density at radius 1 is 1.33 bits per heavy atom. The first-order valence-electron chi connectivity index (χ1n) is 9.03. The first kappa shape index (κ1) is 21.9. The molecule has 0 aromatic carbocycles. The number of rotatable bonds is 9. The van der Waals surface area contributed by atoms with Crippen molar-refractivity contribution in [1.82, 2.24) is 10.6 Å². The molecule has 2 aliphatic rings. The maximum atomic E-state index is 9.26. The third-order valence-electron chi connectivity index (χ3n) is 4.95. The zero-order valence-corrected chi connectivity index (χ0v) is 17.2. The van der Waals surface area contributed by atoms with Gasteiger partial charge < -0.3 is 25.2 Å². The van der Waals surface area contributed by atoms with Gasteiger partial charge in [0.2, 0.25) is 0 Å². The van der Waals surface area contributed by atoms with Crippen molar-refractivity contribution in [2.24, 2.45) is 10.4 Å². The van der Waals surface area contributed by atoms with E-state index in [1.165, 1.54) is 25.7 Å². The lowest BCUT2D eigenvalue weighted by molar-refractivity contribution is 0.0573. The van der Waals surface area contributed by atoms with Crippen LogP contribution in [0.2, 0.25) is 0 Å². The highest BCUT2D eigenvalue weighted by molar-refractivity contribution is 14.0. The number of halogens is 1. The molecule has 3 N–H and O–H groups in total. The molecule has 0 bridgehead atoms. The second kappa shape index (κ2) is 12.3. The van der Waals surface area contributed by atoms with Gasteiger partial charge >= 0.3 is 0 Å². The molecule has 6 nitrogen and oxygen atoms in total. The van der Waals surface area contributed by atoms with Crippen molar-refractivity contribution >= 4 is 29.9 Å². The lowest BCUT2D eigenvalue weighted by atomic mass is 9.84. The van der Waals surface area contributed by atoms with Crippen LogP contribution in [0.15, 0.2) is 4.99 Å². The highest BCUT2D eigenvalue weighted by Crippen LogP contribution is 2.31. The fraction of sp³-hybridized carbons (Fsp3) is 0.941. The van der Waals surface area contributed by atoms with Crippen LogP contribution in [0.25, 0.3) is 0 Å². The fourth-order valence-electron chi connectivity index (χ4n) is 3.39. The Morgan fingerprint density at radius 2 is 2.12 bits per heavy atom. The summed E-state index contributed by atoms with van der Waals surface area (Å²) in [5.41, 5.74) is 0.0396. The van der Waals surface area contributed by atoms with Crippen LogP contribution >= 0.6 is 24.0 Å². The van der Waals surface area contributed by atoms with Crippen LogP contribution in [0.5, 0.6) is 0 Å². The lowest BCUT2D eigenvalue weighted by Gasteiger charge is -2.27. The predicted octanol–water partition coefficient (Wildman–Crippen LogP) is 1.91. The number of hydrogen-bond donors (Lipinski definition) is 3. The van der Waals surface area contributed by atoms with Crippen LogP contribution in [-0.4, -0.2) is 63.7 Å². The number of nitrogens with one attached hydrogen (secondary N) is 2. The molecule has 2 rings (SSSR count). The Hall–Kier alpha value is -0.120. The molecule has 0 radical (unpaired) electrons. The number of nitrogens with zero attached hydrogens (tertiary/aromatic N) is 1. The minimum absolute atomic E-state index is 0. The van der Waals surface area contributed by atoms with Gasteiger partial charge in [-0.05, 0) is 32.1 Å². The monoisotopic (exact) mass is 455 g/mol. The first-order valence-corrected chi connectivity index (χ1v) is 9.03. The summed E-state index contributed by atoms with van der Waals surface area (Å²) in [6, 6.07) is 0. The topological polar surface area (TPSA) is 75.1 Å². The molecule has 1 atom stereocenters. The molecular weight excluding hydrogens is 421 g/mol. The van der Waals surface area contributed by atoms with E-state index in [1.54, 1.807) is 7.05 Å². The van der Waals surface area contributed by atoms with Crippen molar-refractivity contribution in [3.8, 4) is 0 Å². The molecular formula is C17H34IN3O3. The molecule has 0 spiro atoms. The van der Waals surface area contributed by atoms with Gasteiger partial charge in [0.25, 0.3) is 0 Å².